The van der Waals surface area contributed by atoms with E-state index in [0.717, 1.165) is 24.5 Å². The monoisotopic (exact) mass is 381 g/mol. The highest BCUT2D eigenvalue weighted by atomic mass is 19.2. The molecule has 0 saturated heterocycles. The van der Waals surface area contributed by atoms with Gasteiger partial charge in [-0.3, -0.25) is 0 Å². The van der Waals surface area contributed by atoms with E-state index >= 15 is 0 Å². The molecule has 1 aromatic carbocycles. The first-order valence-corrected chi connectivity index (χ1v) is 9.25. The molecule has 0 spiro atoms. The Morgan fingerprint density at radius 3 is 2.71 bits per heavy atom. The van der Waals surface area contributed by atoms with Crippen molar-refractivity contribution in [1.82, 2.24) is 19.5 Å². The highest BCUT2D eigenvalue weighted by Gasteiger charge is 2.23. The summed E-state index contributed by atoms with van der Waals surface area (Å²) in [5, 5.41) is 12.5. The SMILES string of the molecule is [O-][n+]1cc(Cn2c(CC3CCC3)nc3nccnc32)c2ccc(F)c(F)c2c1. The first kappa shape index (κ1) is 17.0. The molecular formula is C20H17F2N5O. The number of benzene rings is 1. The Balaban J connectivity index is 1.66. The number of pyridine rings is 1. The molecule has 0 bridgehead atoms. The molecule has 0 radical (unpaired) electrons. The summed E-state index contributed by atoms with van der Waals surface area (Å²) in [6, 6.07) is 2.58. The van der Waals surface area contributed by atoms with Gasteiger partial charge >= 0.3 is 0 Å². The number of fused-ring (bicyclic) bond motifs is 2. The molecule has 0 atom stereocenters. The third kappa shape index (κ3) is 2.76. The largest absolute Gasteiger partial charge is 0.619 e. The first-order chi connectivity index (χ1) is 13.6. The van der Waals surface area contributed by atoms with Gasteiger partial charge in [0.1, 0.15) is 5.82 Å². The molecule has 3 heterocycles. The molecular weight excluding hydrogens is 364 g/mol. The summed E-state index contributed by atoms with van der Waals surface area (Å²) in [5.41, 5.74) is 1.74. The number of nitrogens with zero attached hydrogens (tertiary/aromatic N) is 5. The molecule has 1 fully saturated rings. The van der Waals surface area contributed by atoms with Gasteiger partial charge in [-0.2, -0.15) is 4.73 Å². The van der Waals surface area contributed by atoms with Crippen LogP contribution in [-0.2, 0) is 13.0 Å². The van der Waals surface area contributed by atoms with Crippen molar-refractivity contribution in [3.05, 3.63) is 65.1 Å². The van der Waals surface area contributed by atoms with Crippen LogP contribution in [0, 0.1) is 22.8 Å². The number of imidazole rings is 1. The first-order valence-electron chi connectivity index (χ1n) is 9.25. The standard InChI is InChI=1S/C20H17F2N5O/c21-16-5-4-14-13(9-26(28)11-15(14)18(16)22)10-27-17(8-12-2-1-3-12)25-19-20(27)24-7-6-23-19/h4-7,9,11-12H,1-3,8,10H2. The molecule has 3 aromatic heterocycles. The van der Waals surface area contributed by atoms with Crippen molar-refractivity contribution in [2.45, 2.75) is 32.2 Å². The minimum Gasteiger partial charge on any atom is -0.619 e. The van der Waals surface area contributed by atoms with Crippen LogP contribution in [0.25, 0.3) is 22.1 Å². The normalized spacial score (nSPS) is 14.6. The average molecular weight is 381 g/mol. The van der Waals surface area contributed by atoms with Gasteiger partial charge in [0.05, 0.1) is 11.9 Å². The average Bonchev–Trinajstić information content (AvgIpc) is 2.99. The van der Waals surface area contributed by atoms with E-state index in [4.69, 9.17) is 0 Å². The highest BCUT2D eigenvalue weighted by Crippen LogP contribution is 2.31. The fraction of sp³-hybridized carbons (Fsp3) is 0.300. The van der Waals surface area contributed by atoms with Gasteiger partial charge in [0.25, 0.3) is 0 Å². The number of hydrogen-bond donors (Lipinski definition) is 0. The molecule has 0 N–H and O–H groups in total. The van der Waals surface area contributed by atoms with Crippen molar-refractivity contribution >= 4 is 22.1 Å². The van der Waals surface area contributed by atoms with Gasteiger partial charge in [-0.25, -0.2) is 23.7 Å². The zero-order valence-corrected chi connectivity index (χ0v) is 15.0. The maximum absolute atomic E-state index is 14.2. The predicted molar refractivity (Wildman–Crippen MR) is 98.3 cm³/mol. The maximum atomic E-state index is 14.2. The lowest BCUT2D eigenvalue weighted by Crippen LogP contribution is -2.26. The van der Waals surface area contributed by atoms with Crippen LogP contribution in [-0.4, -0.2) is 19.5 Å². The lowest BCUT2D eigenvalue weighted by atomic mass is 9.83. The van der Waals surface area contributed by atoms with E-state index in [1.54, 1.807) is 12.4 Å². The predicted octanol–water partition coefficient (Wildman–Crippen LogP) is 3.28. The van der Waals surface area contributed by atoms with Crippen molar-refractivity contribution in [3.8, 4) is 0 Å². The van der Waals surface area contributed by atoms with Crippen LogP contribution in [0.4, 0.5) is 8.78 Å². The van der Waals surface area contributed by atoms with Crippen LogP contribution in [0.5, 0.6) is 0 Å². The van der Waals surface area contributed by atoms with E-state index in [0.29, 0.717) is 32.9 Å². The number of halogens is 2. The van der Waals surface area contributed by atoms with Crippen molar-refractivity contribution in [3.63, 3.8) is 0 Å². The summed E-state index contributed by atoms with van der Waals surface area (Å²) >= 11 is 0. The summed E-state index contributed by atoms with van der Waals surface area (Å²) in [6.07, 6.45) is 10.0. The molecule has 1 saturated carbocycles. The molecule has 1 aliphatic rings. The molecule has 0 amide bonds. The molecule has 6 nitrogen and oxygen atoms in total. The van der Waals surface area contributed by atoms with Crippen LogP contribution in [0.1, 0.15) is 30.7 Å². The minimum atomic E-state index is -1.02. The second-order valence-electron chi connectivity index (χ2n) is 7.28. The van der Waals surface area contributed by atoms with Gasteiger partial charge < -0.3 is 9.77 Å². The van der Waals surface area contributed by atoms with E-state index in [-0.39, 0.29) is 11.9 Å². The smallest absolute Gasteiger partial charge is 0.197 e. The van der Waals surface area contributed by atoms with Crippen molar-refractivity contribution in [2.75, 3.05) is 0 Å². The molecule has 142 valence electrons. The third-order valence-corrected chi connectivity index (χ3v) is 5.50. The molecule has 0 aliphatic heterocycles. The van der Waals surface area contributed by atoms with E-state index < -0.39 is 11.6 Å². The Hall–Kier alpha value is -3.16. The number of hydrogen-bond acceptors (Lipinski definition) is 4. The topological polar surface area (TPSA) is 70.5 Å². The Morgan fingerprint density at radius 1 is 1.11 bits per heavy atom. The summed E-state index contributed by atoms with van der Waals surface area (Å²) in [4.78, 5) is 13.3. The molecule has 8 heteroatoms. The van der Waals surface area contributed by atoms with Crippen LogP contribution < -0.4 is 4.73 Å². The minimum absolute atomic E-state index is 0.0384. The molecule has 4 aromatic rings. The van der Waals surface area contributed by atoms with Gasteiger partial charge in [-0.1, -0.05) is 25.3 Å². The maximum Gasteiger partial charge on any atom is 0.197 e. The van der Waals surface area contributed by atoms with E-state index in [2.05, 4.69) is 15.0 Å². The van der Waals surface area contributed by atoms with Crippen molar-refractivity contribution in [2.24, 2.45) is 5.92 Å². The fourth-order valence-corrected chi connectivity index (χ4v) is 3.83. The van der Waals surface area contributed by atoms with Gasteiger partial charge in [-0.05, 0) is 12.0 Å². The van der Waals surface area contributed by atoms with E-state index in [1.165, 1.54) is 31.5 Å². The van der Waals surface area contributed by atoms with Gasteiger partial charge in [0, 0.05) is 29.8 Å². The Bertz CT molecular complexity index is 1200. The van der Waals surface area contributed by atoms with Crippen molar-refractivity contribution < 1.29 is 13.5 Å². The Labute approximate surface area is 159 Å². The van der Waals surface area contributed by atoms with Crippen LogP contribution in [0.3, 0.4) is 0 Å². The fourth-order valence-electron chi connectivity index (χ4n) is 3.83. The van der Waals surface area contributed by atoms with Gasteiger partial charge in [0.15, 0.2) is 35.3 Å². The molecule has 0 unspecified atom stereocenters. The lowest BCUT2D eigenvalue weighted by Gasteiger charge is -2.25. The van der Waals surface area contributed by atoms with Crippen LogP contribution >= 0.6 is 0 Å². The van der Waals surface area contributed by atoms with Gasteiger partial charge in [0.2, 0.25) is 0 Å². The second kappa shape index (κ2) is 6.47. The van der Waals surface area contributed by atoms with E-state index in [1.807, 2.05) is 4.57 Å². The number of rotatable bonds is 4. The molecule has 5 rings (SSSR count). The molecule has 1 aliphatic carbocycles. The summed E-state index contributed by atoms with van der Waals surface area (Å²) in [5.74, 6) is -0.565. The zero-order valence-electron chi connectivity index (χ0n) is 15.0. The van der Waals surface area contributed by atoms with Crippen molar-refractivity contribution in [1.29, 1.82) is 0 Å². The van der Waals surface area contributed by atoms with Crippen LogP contribution in [0.15, 0.2) is 36.9 Å². The Morgan fingerprint density at radius 2 is 1.93 bits per heavy atom. The zero-order chi connectivity index (χ0) is 19.3. The third-order valence-electron chi connectivity index (χ3n) is 5.50. The number of aromatic nitrogens is 5. The van der Waals surface area contributed by atoms with E-state index in [9.17, 15) is 14.0 Å². The lowest BCUT2D eigenvalue weighted by molar-refractivity contribution is -0.604. The summed E-state index contributed by atoms with van der Waals surface area (Å²) in [6.45, 7) is 0.280. The van der Waals surface area contributed by atoms with Crippen LogP contribution in [0.2, 0.25) is 0 Å². The Kier molecular flexibility index (Phi) is 3.92. The quantitative estimate of drug-likeness (QED) is 0.402. The van der Waals surface area contributed by atoms with Gasteiger partial charge in [-0.15, -0.1) is 0 Å². The summed E-state index contributed by atoms with van der Waals surface area (Å²) < 4.78 is 30.3. The highest BCUT2D eigenvalue weighted by molar-refractivity contribution is 5.85. The molecule has 28 heavy (non-hydrogen) atoms. The second-order valence-corrected chi connectivity index (χ2v) is 7.28. The summed E-state index contributed by atoms with van der Waals surface area (Å²) in [7, 11) is 0.